The monoisotopic (exact) mass is 359 g/mol. The molecule has 0 aromatic heterocycles. The summed E-state index contributed by atoms with van der Waals surface area (Å²) < 4.78 is 0.748. The molecule has 0 heterocycles. The maximum atomic E-state index is 12.2. The van der Waals surface area contributed by atoms with Crippen molar-refractivity contribution in [1.82, 2.24) is 0 Å². The van der Waals surface area contributed by atoms with Crippen LogP contribution in [0.3, 0.4) is 0 Å². The molecule has 1 aliphatic rings. The van der Waals surface area contributed by atoms with E-state index in [0.717, 1.165) is 17.3 Å². The van der Waals surface area contributed by atoms with Gasteiger partial charge in [0.1, 0.15) is 0 Å². The fourth-order valence-electron chi connectivity index (χ4n) is 2.55. The fraction of sp³-hybridized carbons (Fsp3) is 0.429. The third-order valence-electron chi connectivity index (χ3n) is 3.61. The van der Waals surface area contributed by atoms with Gasteiger partial charge in [-0.25, -0.2) is 0 Å². The molecule has 20 heavy (non-hydrogen) atoms. The van der Waals surface area contributed by atoms with Gasteiger partial charge >= 0.3 is 5.97 Å². The number of carboxylic acid groups (broad SMARTS) is 1. The SMILES string of the molecule is O=C(Nc1ccc(Br)c(Cl)c1)C1CCCC[C@@H]1C(=O)O. The average molecular weight is 361 g/mol. The smallest absolute Gasteiger partial charge is 0.307 e. The molecule has 0 aliphatic heterocycles. The molecule has 4 nitrogen and oxygen atoms in total. The largest absolute Gasteiger partial charge is 0.481 e. The molecule has 0 saturated heterocycles. The summed E-state index contributed by atoms with van der Waals surface area (Å²) in [7, 11) is 0. The molecular formula is C14H15BrClNO3. The third-order valence-corrected chi connectivity index (χ3v) is 4.84. The Morgan fingerprint density at radius 2 is 1.90 bits per heavy atom. The molecule has 1 amide bonds. The quantitative estimate of drug-likeness (QED) is 0.858. The second kappa shape index (κ2) is 6.59. The van der Waals surface area contributed by atoms with Crippen molar-refractivity contribution in [2.75, 3.05) is 5.32 Å². The maximum Gasteiger partial charge on any atom is 0.307 e. The van der Waals surface area contributed by atoms with Crippen LogP contribution in [0.15, 0.2) is 22.7 Å². The van der Waals surface area contributed by atoms with Crippen LogP contribution in [0.25, 0.3) is 0 Å². The second-order valence-corrected chi connectivity index (χ2v) is 6.22. The molecule has 6 heteroatoms. The molecule has 1 aromatic rings. The van der Waals surface area contributed by atoms with Crippen LogP contribution in [0.5, 0.6) is 0 Å². The minimum absolute atomic E-state index is 0.240. The number of amides is 1. The molecule has 1 aliphatic carbocycles. The first-order chi connectivity index (χ1) is 9.49. The Bertz CT molecular complexity index is 535. The van der Waals surface area contributed by atoms with E-state index in [1.54, 1.807) is 18.2 Å². The third kappa shape index (κ3) is 3.52. The van der Waals surface area contributed by atoms with Crippen LogP contribution in [0.4, 0.5) is 5.69 Å². The topological polar surface area (TPSA) is 66.4 Å². The number of halogens is 2. The molecule has 1 aromatic carbocycles. The molecule has 2 rings (SSSR count). The Morgan fingerprint density at radius 3 is 2.50 bits per heavy atom. The molecule has 1 unspecified atom stereocenters. The number of carbonyl (C=O) groups is 2. The van der Waals surface area contributed by atoms with Gasteiger partial charge in [0.05, 0.1) is 16.9 Å². The van der Waals surface area contributed by atoms with E-state index >= 15 is 0 Å². The van der Waals surface area contributed by atoms with Crippen molar-refractivity contribution in [2.45, 2.75) is 25.7 Å². The lowest BCUT2D eigenvalue weighted by Crippen LogP contribution is -2.36. The van der Waals surface area contributed by atoms with E-state index in [1.165, 1.54) is 0 Å². The highest BCUT2D eigenvalue weighted by Crippen LogP contribution is 2.32. The van der Waals surface area contributed by atoms with Gasteiger partial charge in [-0.1, -0.05) is 24.4 Å². The van der Waals surface area contributed by atoms with Crippen molar-refractivity contribution in [2.24, 2.45) is 11.8 Å². The lowest BCUT2D eigenvalue weighted by atomic mass is 9.78. The summed E-state index contributed by atoms with van der Waals surface area (Å²) in [5.41, 5.74) is 0.581. The van der Waals surface area contributed by atoms with Gasteiger partial charge in [-0.2, -0.15) is 0 Å². The first kappa shape index (κ1) is 15.3. The van der Waals surface area contributed by atoms with Crippen LogP contribution in [0, 0.1) is 11.8 Å². The first-order valence-electron chi connectivity index (χ1n) is 6.48. The molecular weight excluding hydrogens is 346 g/mol. The van der Waals surface area contributed by atoms with E-state index in [9.17, 15) is 14.7 Å². The van der Waals surface area contributed by atoms with Crippen LogP contribution < -0.4 is 5.32 Å². The van der Waals surface area contributed by atoms with Crippen molar-refractivity contribution < 1.29 is 14.7 Å². The number of rotatable bonds is 3. The van der Waals surface area contributed by atoms with Gasteiger partial charge < -0.3 is 10.4 Å². The second-order valence-electron chi connectivity index (χ2n) is 4.95. The van der Waals surface area contributed by atoms with Gasteiger partial charge in [-0.3, -0.25) is 9.59 Å². The zero-order valence-corrected chi connectivity index (χ0v) is 13.1. The van der Waals surface area contributed by atoms with Gasteiger partial charge in [0, 0.05) is 10.2 Å². The zero-order valence-electron chi connectivity index (χ0n) is 10.7. The summed E-state index contributed by atoms with van der Waals surface area (Å²) in [5.74, 6) is -2.19. The summed E-state index contributed by atoms with van der Waals surface area (Å²) in [4.78, 5) is 23.5. The molecule has 0 spiro atoms. The van der Waals surface area contributed by atoms with E-state index in [-0.39, 0.29) is 5.91 Å². The Labute approximate surface area is 130 Å². The van der Waals surface area contributed by atoms with Gasteiger partial charge in [0.15, 0.2) is 0 Å². The van der Waals surface area contributed by atoms with Crippen molar-refractivity contribution in [3.8, 4) is 0 Å². The first-order valence-corrected chi connectivity index (χ1v) is 7.65. The van der Waals surface area contributed by atoms with Crippen molar-refractivity contribution in [3.63, 3.8) is 0 Å². The highest BCUT2D eigenvalue weighted by atomic mass is 79.9. The lowest BCUT2D eigenvalue weighted by Gasteiger charge is -2.27. The summed E-state index contributed by atoms with van der Waals surface area (Å²) in [5, 5.41) is 12.5. The lowest BCUT2D eigenvalue weighted by molar-refractivity contribution is -0.147. The van der Waals surface area contributed by atoms with Gasteiger partial charge in [0.25, 0.3) is 0 Å². The number of hydrogen-bond donors (Lipinski definition) is 2. The van der Waals surface area contributed by atoms with Crippen LogP contribution in [-0.4, -0.2) is 17.0 Å². The predicted molar refractivity (Wildman–Crippen MR) is 80.9 cm³/mol. The maximum absolute atomic E-state index is 12.2. The molecule has 1 fully saturated rings. The number of carboxylic acids is 1. The van der Waals surface area contributed by atoms with Gasteiger partial charge in [-0.05, 0) is 47.0 Å². The summed E-state index contributed by atoms with van der Waals surface area (Å²) in [6.07, 6.45) is 2.94. The van der Waals surface area contributed by atoms with Crippen molar-refractivity contribution in [3.05, 3.63) is 27.7 Å². The Morgan fingerprint density at radius 1 is 1.25 bits per heavy atom. The number of nitrogens with one attached hydrogen (secondary N) is 1. The normalized spacial score (nSPS) is 22.3. The summed E-state index contributed by atoms with van der Waals surface area (Å²) in [6, 6.07) is 5.11. The number of carbonyl (C=O) groups excluding carboxylic acids is 1. The number of hydrogen-bond acceptors (Lipinski definition) is 2. The summed E-state index contributed by atoms with van der Waals surface area (Å²) in [6.45, 7) is 0. The van der Waals surface area contributed by atoms with E-state index < -0.39 is 17.8 Å². The van der Waals surface area contributed by atoms with Crippen molar-refractivity contribution in [1.29, 1.82) is 0 Å². The number of anilines is 1. The minimum Gasteiger partial charge on any atom is -0.481 e. The Hall–Kier alpha value is -1.07. The minimum atomic E-state index is -0.890. The molecule has 1 saturated carbocycles. The Balaban J connectivity index is 2.09. The van der Waals surface area contributed by atoms with E-state index in [1.807, 2.05) is 0 Å². The highest BCUT2D eigenvalue weighted by Gasteiger charge is 2.35. The molecule has 0 radical (unpaired) electrons. The van der Waals surface area contributed by atoms with E-state index in [0.29, 0.717) is 23.6 Å². The predicted octanol–water partition coefficient (Wildman–Crippen LogP) is 3.93. The highest BCUT2D eigenvalue weighted by molar-refractivity contribution is 9.10. The molecule has 2 atom stereocenters. The fourth-order valence-corrected chi connectivity index (χ4v) is 2.98. The van der Waals surface area contributed by atoms with Gasteiger partial charge in [-0.15, -0.1) is 0 Å². The average Bonchev–Trinajstić information content (AvgIpc) is 2.43. The zero-order chi connectivity index (χ0) is 14.7. The van der Waals surface area contributed by atoms with E-state index in [4.69, 9.17) is 11.6 Å². The van der Waals surface area contributed by atoms with Gasteiger partial charge in [0.2, 0.25) is 5.91 Å². The number of benzene rings is 1. The van der Waals surface area contributed by atoms with Crippen LogP contribution in [-0.2, 0) is 9.59 Å². The summed E-state index contributed by atoms with van der Waals surface area (Å²) >= 11 is 9.25. The molecule has 108 valence electrons. The van der Waals surface area contributed by atoms with Crippen LogP contribution >= 0.6 is 27.5 Å². The standard InChI is InChI=1S/C14H15BrClNO3/c15-11-6-5-8(7-12(11)16)17-13(18)9-3-1-2-4-10(9)14(19)20/h5-7,9-10H,1-4H2,(H,17,18)(H,19,20)/t9?,10-/m0/s1. The van der Waals surface area contributed by atoms with E-state index in [2.05, 4.69) is 21.2 Å². The Kier molecular flexibility index (Phi) is 5.05. The molecule has 0 bridgehead atoms. The number of aliphatic carboxylic acids is 1. The van der Waals surface area contributed by atoms with Crippen molar-refractivity contribution >= 4 is 45.1 Å². The van der Waals surface area contributed by atoms with Crippen LogP contribution in [0.1, 0.15) is 25.7 Å². The molecule has 2 N–H and O–H groups in total. The van der Waals surface area contributed by atoms with Crippen LogP contribution in [0.2, 0.25) is 5.02 Å².